The zero-order valence-corrected chi connectivity index (χ0v) is 20.7. The number of likely N-dealkylation sites (N-methyl/N-ethyl adjacent to an activating group) is 1. The van der Waals surface area contributed by atoms with Gasteiger partial charge in [-0.15, -0.1) is 5.10 Å². The third-order valence-electron chi connectivity index (χ3n) is 5.27. The number of nitrogens with zero attached hydrogens (tertiary/aromatic N) is 5. The molecule has 10 nitrogen and oxygen atoms in total. The van der Waals surface area contributed by atoms with E-state index in [4.69, 9.17) is 14.2 Å². The molecule has 1 aliphatic rings. The van der Waals surface area contributed by atoms with E-state index >= 15 is 0 Å². The zero-order valence-electron chi connectivity index (χ0n) is 19.1. The monoisotopic (exact) mass is 528 g/mol. The molecule has 1 N–H and O–H groups in total. The number of hydrazine groups is 1. The molecular weight excluding hydrogens is 504 g/mol. The summed E-state index contributed by atoms with van der Waals surface area (Å²) in [5.74, 6) is -1.40. The molecule has 2 aromatic carbocycles. The molecular formula is C23H25BrN6O4. The van der Waals surface area contributed by atoms with E-state index in [0.717, 1.165) is 15.7 Å². The third kappa shape index (κ3) is 5.27. The van der Waals surface area contributed by atoms with Crippen LogP contribution >= 0.6 is 15.9 Å². The van der Waals surface area contributed by atoms with Gasteiger partial charge in [0.15, 0.2) is 0 Å². The molecule has 1 unspecified atom stereocenters. The maximum atomic E-state index is 13.3. The summed E-state index contributed by atoms with van der Waals surface area (Å²) in [6, 6.07) is 13.2. The quantitative estimate of drug-likeness (QED) is 0.331. The van der Waals surface area contributed by atoms with E-state index in [0.29, 0.717) is 30.0 Å². The molecule has 1 aliphatic heterocycles. The zero-order chi connectivity index (χ0) is 24.1. The van der Waals surface area contributed by atoms with Gasteiger partial charge in [-0.1, -0.05) is 30.3 Å². The molecule has 3 aromatic rings. The van der Waals surface area contributed by atoms with Crippen LogP contribution in [-0.2, 0) is 22.6 Å². The topological polar surface area (TPSA) is 104 Å². The van der Waals surface area contributed by atoms with Crippen molar-refractivity contribution in [3.05, 3.63) is 81.7 Å². The van der Waals surface area contributed by atoms with Crippen LogP contribution in [0.15, 0.2) is 65.0 Å². The molecule has 178 valence electrons. The second kappa shape index (κ2) is 10.3. The molecule has 0 spiro atoms. The number of halogens is 1. The number of rotatable bonds is 9. The highest BCUT2D eigenvalue weighted by Crippen LogP contribution is 2.34. The average molecular weight is 529 g/mol. The van der Waals surface area contributed by atoms with Crippen molar-refractivity contribution in [3.63, 3.8) is 0 Å². The Labute approximate surface area is 205 Å². The Morgan fingerprint density at radius 2 is 1.97 bits per heavy atom. The molecule has 0 saturated carbocycles. The van der Waals surface area contributed by atoms with Gasteiger partial charge in [0.05, 0.1) is 23.2 Å². The highest BCUT2D eigenvalue weighted by molar-refractivity contribution is 9.10. The van der Waals surface area contributed by atoms with E-state index in [1.165, 1.54) is 6.33 Å². The summed E-state index contributed by atoms with van der Waals surface area (Å²) in [6.07, 6.45) is 3.25. The molecule has 0 fully saturated rings. The number of ether oxygens (including phenoxy) is 3. The Balaban J connectivity index is 1.52. The van der Waals surface area contributed by atoms with Crippen LogP contribution in [0.1, 0.15) is 28.4 Å². The standard InChI is InChI=1S/C23H25BrN6O4/c1-16-13-23(29(3)26-16,33-14-18-7-5-4-6-8-18)34-22(31)19-9-10-20(24)21(17(19)2)32-12-11-30-15-25-27-28-30/h4-10,13,15,26H,11-12,14H2,1-3H3. The van der Waals surface area contributed by atoms with Gasteiger partial charge in [-0.2, -0.15) is 5.01 Å². The Bertz CT molecular complexity index is 1170. The van der Waals surface area contributed by atoms with E-state index in [-0.39, 0.29) is 6.61 Å². The van der Waals surface area contributed by atoms with Crippen molar-refractivity contribution in [3.8, 4) is 5.75 Å². The first-order chi connectivity index (χ1) is 16.4. The maximum Gasteiger partial charge on any atom is 0.342 e. The molecule has 0 amide bonds. The van der Waals surface area contributed by atoms with Gasteiger partial charge >= 0.3 is 11.9 Å². The van der Waals surface area contributed by atoms with Gasteiger partial charge in [0, 0.05) is 24.4 Å². The number of carbonyl (C=O) groups is 1. The Hall–Kier alpha value is -3.28. The smallest absolute Gasteiger partial charge is 0.342 e. The molecule has 0 radical (unpaired) electrons. The van der Waals surface area contributed by atoms with Crippen LogP contribution in [0.5, 0.6) is 5.75 Å². The second-order valence-corrected chi connectivity index (χ2v) is 8.62. The second-order valence-electron chi connectivity index (χ2n) is 7.76. The van der Waals surface area contributed by atoms with Crippen molar-refractivity contribution in [2.45, 2.75) is 32.9 Å². The molecule has 2 heterocycles. The summed E-state index contributed by atoms with van der Waals surface area (Å²) in [5.41, 5.74) is 5.90. The summed E-state index contributed by atoms with van der Waals surface area (Å²) in [5, 5.41) is 12.6. The molecule has 1 aromatic heterocycles. The first-order valence-corrected chi connectivity index (χ1v) is 11.4. The van der Waals surface area contributed by atoms with E-state index in [1.54, 1.807) is 34.9 Å². The normalized spacial score (nSPS) is 17.8. The largest absolute Gasteiger partial charge is 0.490 e. The van der Waals surface area contributed by atoms with Crippen LogP contribution in [0.2, 0.25) is 0 Å². The summed E-state index contributed by atoms with van der Waals surface area (Å²) < 4.78 is 20.3. The highest BCUT2D eigenvalue weighted by atomic mass is 79.9. The number of carbonyl (C=O) groups excluding carboxylic acids is 1. The highest BCUT2D eigenvalue weighted by Gasteiger charge is 2.43. The number of hydrogen-bond donors (Lipinski definition) is 1. The summed E-state index contributed by atoms with van der Waals surface area (Å²) in [6.45, 7) is 4.73. The predicted molar refractivity (Wildman–Crippen MR) is 126 cm³/mol. The fraction of sp³-hybridized carbons (Fsp3) is 0.304. The lowest BCUT2D eigenvalue weighted by Crippen LogP contribution is -2.51. The van der Waals surface area contributed by atoms with Gasteiger partial charge in [-0.05, 0) is 57.9 Å². The molecule has 0 aliphatic carbocycles. The van der Waals surface area contributed by atoms with Gasteiger partial charge in [-0.3, -0.25) is 0 Å². The fourth-order valence-corrected chi connectivity index (χ4v) is 4.08. The van der Waals surface area contributed by atoms with Crippen LogP contribution in [0, 0.1) is 6.92 Å². The van der Waals surface area contributed by atoms with Crippen molar-refractivity contribution >= 4 is 21.9 Å². The number of tetrazole rings is 1. The lowest BCUT2D eigenvalue weighted by molar-refractivity contribution is -0.259. The minimum absolute atomic E-state index is 0.259. The first-order valence-electron chi connectivity index (χ1n) is 10.6. The van der Waals surface area contributed by atoms with Crippen LogP contribution < -0.4 is 10.2 Å². The molecule has 0 bridgehead atoms. The van der Waals surface area contributed by atoms with Crippen LogP contribution in [0.3, 0.4) is 0 Å². The lowest BCUT2D eigenvalue weighted by Gasteiger charge is -2.33. The minimum Gasteiger partial charge on any atom is -0.490 e. The summed E-state index contributed by atoms with van der Waals surface area (Å²) in [4.78, 5) is 13.3. The number of aromatic nitrogens is 4. The van der Waals surface area contributed by atoms with Gasteiger partial charge in [-0.25, -0.2) is 9.48 Å². The van der Waals surface area contributed by atoms with Crippen molar-refractivity contribution in [2.75, 3.05) is 13.7 Å². The lowest BCUT2D eigenvalue weighted by atomic mass is 10.1. The van der Waals surface area contributed by atoms with Crippen LogP contribution in [0.4, 0.5) is 0 Å². The number of hydrogen-bond acceptors (Lipinski definition) is 9. The van der Waals surface area contributed by atoms with Gasteiger partial charge in [0.1, 0.15) is 18.7 Å². The van der Waals surface area contributed by atoms with Gasteiger partial charge in [0.2, 0.25) is 0 Å². The number of nitrogens with one attached hydrogen (secondary N) is 1. The predicted octanol–water partition coefficient (Wildman–Crippen LogP) is 3.20. The fourth-order valence-electron chi connectivity index (χ4n) is 3.54. The van der Waals surface area contributed by atoms with Crippen molar-refractivity contribution in [1.82, 2.24) is 30.6 Å². The van der Waals surface area contributed by atoms with Gasteiger partial charge in [0.25, 0.3) is 0 Å². The van der Waals surface area contributed by atoms with E-state index < -0.39 is 11.9 Å². The first kappa shape index (κ1) is 23.9. The third-order valence-corrected chi connectivity index (χ3v) is 5.90. The Kier molecular flexibility index (Phi) is 7.25. The van der Waals surface area contributed by atoms with Crippen LogP contribution in [0.25, 0.3) is 0 Å². The maximum absolute atomic E-state index is 13.3. The van der Waals surface area contributed by atoms with Crippen LogP contribution in [-0.4, -0.2) is 50.8 Å². The number of benzene rings is 2. The number of allylic oxidation sites excluding steroid dienone is 1. The van der Waals surface area contributed by atoms with Crippen molar-refractivity contribution < 1.29 is 19.0 Å². The van der Waals surface area contributed by atoms with Crippen molar-refractivity contribution in [2.24, 2.45) is 0 Å². The Morgan fingerprint density at radius 3 is 2.65 bits per heavy atom. The number of esters is 1. The van der Waals surface area contributed by atoms with E-state index in [2.05, 4.69) is 36.9 Å². The van der Waals surface area contributed by atoms with Gasteiger partial charge < -0.3 is 19.6 Å². The van der Waals surface area contributed by atoms with Crippen molar-refractivity contribution in [1.29, 1.82) is 0 Å². The Morgan fingerprint density at radius 1 is 1.18 bits per heavy atom. The van der Waals surface area contributed by atoms with E-state index in [9.17, 15) is 4.79 Å². The SMILES string of the molecule is CC1=CC(OCc2ccccc2)(OC(=O)c2ccc(Br)c(OCCn3cnnn3)c2C)N(C)N1. The molecule has 0 saturated heterocycles. The molecule has 4 rings (SSSR count). The summed E-state index contributed by atoms with van der Waals surface area (Å²) >= 11 is 3.50. The minimum atomic E-state index is -1.41. The average Bonchev–Trinajstić information content (AvgIpc) is 3.43. The van der Waals surface area contributed by atoms with E-state index in [1.807, 2.05) is 44.2 Å². The summed E-state index contributed by atoms with van der Waals surface area (Å²) in [7, 11) is 1.76. The molecule has 1 atom stereocenters. The molecule has 11 heteroatoms. The molecule has 34 heavy (non-hydrogen) atoms.